The third kappa shape index (κ3) is 5.42. The fourth-order valence-electron chi connectivity index (χ4n) is 0.993. The molecule has 0 saturated heterocycles. The van der Waals surface area contributed by atoms with Gasteiger partial charge < -0.3 is 0 Å². The van der Waals surface area contributed by atoms with Crippen LogP contribution in [0.1, 0.15) is 26.7 Å². The number of hydrogen-bond acceptors (Lipinski definition) is 2. The summed E-state index contributed by atoms with van der Waals surface area (Å²) in [6.07, 6.45) is 5.73. The molecular weight excluding hydrogens is 166 g/mol. The van der Waals surface area contributed by atoms with Gasteiger partial charge in [-0.15, -0.1) is 0 Å². The predicted octanol–water partition coefficient (Wildman–Crippen LogP) is 2.00. The average molecular weight is 185 g/mol. The number of carbonyl (C=O) groups excluding carboxylic acids is 1. The Morgan fingerprint density at radius 3 is 2.69 bits per heavy atom. The third-order valence-electron chi connectivity index (χ3n) is 1.90. The number of amides is 1. The standard InChI is InChI=1S/C10H19NO2/c1-5-6-9(2)7-8-10(12)11(3)13-4/h7-9H,5-6H2,1-4H3/b8-7+. The van der Waals surface area contributed by atoms with Crippen LogP contribution in [0.5, 0.6) is 0 Å². The van der Waals surface area contributed by atoms with Crippen molar-refractivity contribution in [2.45, 2.75) is 26.7 Å². The molecule has 0 heterocycles. The van der Waals surface area contributed by atoms with Gasteiger partial charge in [0.1, 0.15) is 0 Å². The number of likely N-dealkylation sites (N-methyl/N-ethyl adjacent to an activating group) is 1. The van der Waals surface area contributed by atoms with E-state index in [1.54, 1.807) is 13.1 Å². The van der Waals surface area contributed by atoms with Gasteiger partial charge in [-0.3, -0.25) is 9.63 Å². The Hall–Kier alpha value is -0.830. The van der Waals surface area contributed by atoms with E-state index in [2.05, 4.69) is 13.8 Å². The van der Waals surface area contributed by atoms with E-state index in [1.165, 1.54) is 12.2 Å². The monoisotopic (exact) mass is 185 g/mol. The number of hydrogen-bond donors (Lipinski definition) is 0. The predicted molar refractivity (Wildman–Crippen MR) is 53.0 cm³/mol. The van der Waals surface area contributed by atoms with Gasteiger partial charge in [-0.25, -0.2) is 5.06 Å². The van der Waals surface area contributed by atoms with Crippen molar-refractivity contribution in [3.63, 3.8) is 0 Å². The maximum atomic E-state index is 11.2. The van der Waals surface area contributed by atoms with Crippen LogP contribution in [0, 0.1) is 5.92 Å². The minimum atomic E-state index is -0.120. The van der Waals surface area contributed by atoms with E-state index in [0.29, 0.717) is 5.92 Å². The van der Waals surface area contributed by atoms with E-state index >= 15 is 0 Å². The van der Waals surface area contributed by atoms with Crippen LogP contribution < -0.4 is 0 Å². The van der Waals surface area contributed by atoms with Crippen molar-refractivity contribution in [1.82, 2.24) is 5.06 Å². The van der Waals surface area contributed by atoms with Crippen LogP contribution in [0.2, 0.25) is 0 Å². The molecule has 1 atom stereocenters. The van der Waals surface area contributed by atoms with E-state index in [4.69, 9.17) is 4.84 Å². The molecule has 0 spiro atoms. The summed E-state index contributed by atoms with van der Waals surface area (Å²) in [5.74, 6) is 0.338. The van der Waals surface area contributed by atoms with Crippen molar-refractivity contribution in [2.75, 3.05) is 14.2 Å². The van der Waals surface area contributed by atoms with Gasteiger partial charge in [0.2, 0.25) is 0 Å². The molecule has 76 valence electrons. The molecule has 0 fully saturated rings. The molecule has 0 aromatic rings. The third-order valence-corrected chi connectivity index (χ3v) is 1.90. The highest BCUT2D eigenvalue weighted by atomic mass is 16.7. The van der Waals surface area contributed by atoms with Gasteiger partial charge >= 0.3 is 0 Å². The molecule has 0 aliphatic carbocycles. The van der Waals surface area contributed by atoms with Gasteiger partial charge in [-0.1, -0.05) is 26.3 Å². The van der Waals surface area contributed by atoms with Crippen molar-refractivity contribution < 1.29 is 9.63 Å². The molecule has 1 amide bonds. The molecule has 0 aliphatic rings. The molecule has 0 aromatic carbocycles. The Kier molecular flexibility index (Phi) is 6.24. The van der Waals surface area contributed by atoms with E-state index in [0.717, 1.165) is 12.8 Å². The van der Waals surface area contributed by atoms with Gasteiger partial charge in [0, 0.05) is 13.1 Å². The Morgan fingerprint density at radius 1 is 1.62 bits per heavy atom. The zero-order chi connectivity index (χ0) is 10.3. The van der Waals surface area contributed by atoms with E-state index < -0.39 is 0 Å². The van der Waals surface area contributed by atoms with Crippen LogP contribution in [0.25, 0.3) is 0 Å². The van der Waals surface area contributed by atoms with E-state index in [9.17, 15) is 4.79 Å². The maximum Gasteiger partial charge on any atom is 0.269 e. The second kappa shape index (κ2) is 6.66. The summed E-state index contributed by atoms with van der Waals surface area (Å²) in [5, 5.41) is 1.20. The quantitative estimate of drug-likeness (QED) is 0.484. The summed E-state index contributed by atoms with van der Waals surface area (Å²) < 4.78 is 0. The highest BCUT2D eigenvalue weighted by Gasteiger charge is 2.02. The SMILES string of the molecule is CCCC(C)/C=C/C(=O)N(C)OC. The summed E-state index contributed by atoms with van der Waals surface area (Å²) in [6, 6.07) is 0. The lowest BCUT2D eigenvalue weighted by molar-refractivity contribution is -0.162. The number of rotatable bonds is 5. The fraction of sp³-hybridized carbons (Fsp3) is 0.700. The lowest BCUT2D eigenvalue weighted by Gasteiger charge is -2.10. The molecule has 0 aromatic heterocycles. The molecule has 13 heavy (non-hydrogen) atoms. The fourth-order valence-corrected chi connectivity index (χ4v) is 0.993. The van der Waals surface area contributed by atoms with E-state index in [1.807, 2.05) is 6.08 Å². The minimum Gasteiger partial charge on any atom is -0.274 e. The Balaban J connectivity index is 3.89. The second-order valence-corrected chi connectivity index (χ2v) is 3.14. The first kappa shape index (κ1) is 12.2. The van der Waals surface area contributed by atoms with Crippen LogP contribution >= 0.6 is 0 Å². The van der Waals surface area contributed by atoms with Gasteiger partial charge in [0.15, 0.2) is 0 Å². The molecule has 0 aliphatic heterocycles. The van der Waals surface area contributed by atoms with Gasteiger partial charge in [0.25, 0.3) is 5.91 Å². The van der Waals surface area contributed by atoms with E-state index in [-0.39, 0.29) is 5.91 Å². The van der Waals surface area contributed by atoms with Crippen LogP contribution in [0.4, 0.5) is 0 Å². The lowest BCUT2D eigenvalue weighted by atomic mass is 10.1. The number of nitrogens with zero attached hydrogens (tertiary/aromatic N) is 1. The largest absolute Gasteiger partial charge is 0.274 e. The molecule has 3 nitrogen and oxygen atoms in total. The molecule has 3 heteroatoms. The average Bonchev–Trinajstić information content (AvgIpc) is 2.13. The van der Waals surface area contributed by atoms with Gasteiger partial charge in [0.05, 0.1) is 7.11 Å². The van der Waals surface area contributed by atoms with Crippen molar-refractivity contribution in [3.05, 3.63) is 12.2 Å². The molecule has 0 bridgehead atoms. The molecule has 0 radical (unpaired) electrons. The first-order valence-corrected chi connectivity index (χ1v) is 4.61. The Morgan fingerprint density at radius 2 is 2.23 bits per heavy atom. The molecule has 1 unspecified atom stereocenters. The van der Waals surface area contributed by atoms with Gasteiger partial charge in [-0.2, -0.15) is 0 Å². The lowest BCUT2D eigenvalue weighted by Crippen LogP contribution is -2.23. The molecule has 0 saturated carbocycles. The summed E-state index contributed by atoms with van der Waals surface area (Å²) in [7, 11) is 3.07. The van der Waals surface area contributed by atoms with Gasteiger partial charge in [-0.05, 0) is 12.3 Å². The number of hydroxylamine groups is 2. The number of allylic oxidation sites excluding steroid dienone is 1. The van der Waals surface area contributed by atoms with Crippen LogP contribution in [-0.2, 0) is 9.63 Å². The number of carbonyl (C=O) groups is 1. The van der Waals surface area contributed by atoms with Crippen LogP contribution in [0.3, 0.4) is 0 Å². The second-order valence-electron chi connectivity index (χ2n) is 3.14. The molecule has 0 N–H and O–H groups in total. The van der Waals surface area contributed by atoms with Crippen molar-refractivity contribution in [3.8, 4) is 0 Å². The highest BCUT2D eigenvalue weighted by molar-refractivity contribution is 5.86. The highest BCUT2D eigenvalue weighted by Crippen LogP contribution is 2.06. The first-order valence-electron chi connectivity index (χ1n) is 4.61. The normalized spacial score (nSPS) is 13.2. The maximum absolute atomic E-state index is 11.2. The zero-order valence-electron chi connectivity index (χ0n) is 8.91. The molecular formula is C10H19NO2. The summed E-state index contributed by atoms with van der Waals surface area (Å²) in [6.45, 7) is 4.23. The van der Waals surface area contributed by atoms with Crippen molar-refractivity contribution in [2.24, 2.45) is 5.92 Å². The van der Waals surface area contributed by atoms with Crippen molar-refractivity contribution >= 4 is 5.91 Å². The Labute approximate surface area is 80.3 Å². The Bertz CT molecular complexity index is 178. The zero-order valence-corrected chi connectivity index (χ0v) is 8.91. The smallest absolute Gasteiger partial charge is 0.269 e. The summed E-state index contributed by atoms with van der Waals surface area (Å²) in [4.78, 5) is 15.9. The summed E-state index contributed by atoms with van der Waals surface area (Å²) in [5.41, 5.74) is 0. The van der Waals surface area contributed by atoms with Crippen LogP contribution in [-0.4, -0.2) is 25.1 Å². The first-order chi connectivity index (χ1) is 6.11. The molecule has 0 rings (SSSR count). The van der Waals surface area contributed by atoms with Crippen molar-refractivity contribution in [1.29, 1.82) is 0 Å². The summed E-state index contributed by atoms with van der Waals surface area (Å²) >= 11 is 0. The topological polar surface area (TPSA) is 29.5 Å². The minimum absolute atomic E-state index is 0.120. The van der Waals surface area contributed by atoms with Crippen LogP contribution in [0.15, 0.2) is 12.2 Å².